The van der Waals surface area contributed by atoms with E-state index in [4.69, 9.17) is 4.29 Å². The average Bonchev–Trinajstić information content (AvgIpc) is 2.97. The molecule has 0 amide bonds. The standard InChI is InChI=1S/C13H24ClNO4S/c1-12(2,3)10-11(15-8-6-5-7-9-15)13(10,20-4)19-14(16,17)18/h10-11H,5-9H2,1-4H3. The van der Waals surface area contributed by atoms with E-state index in [-0.39, 0.29) is 17.4 Å². The minimum Gasteiger partial charge on any atom is -0.296 e. The second kappa shape index (κ2) is 5.57. The Morgan fingerprint density at radius 1 is 1.15 bits per heavy atom. The fourth-order valence-corrected chi connectivity index (χ4v) is 5.75. The largest absolute Gasteiger partial charge is 0.296 e. The van der Waals surface area contributed by atoms with E-state index in [1.54, 1.807) is 0 Å². The van der Waals surface area contributed by atoms with Crippen molar-refractivity contribution in [3.8, 4) is 0 Å². The summed E-state index contributed by atoms with van der Waals surface area (Å²) in [5.41, 5.74) is -0.106. The molecule has 2 rings (SSSR count). The summed E-state index contributed by atoms with van der Waals surface area (Å²) in [7, 11) is -4.40. The van der Waals surface area contributed by atoms with Gasteiger partial charge in [0.25, 0.3) is 4.93 Å². The number of thioether (sulfide) groups is 1. The molecule has 0 radical (unpaired) electrons. The van der Waals surface area contributed by atoms with Crippen LogP contribution in [-0.4, -0.2) is 35.2 Å². The van der Waals surface area contributed by atoms with Crippen molar-refractivity contribution in [2.75, 3.05) is 19.3 Å². The quantitative estimate of drug-likeness (QED) is 0.648. The number of halogens is 1. The van der Waals surface area contributed by atoms with Crippen molar-refractivity contribution in [1.29, 1.82) is 0 Å². The highest BCUT2D eigenvalue weighted by atomic mass is 35.7. The Balaban J connectivity index is 2.23. The van der Waals surface area contributed by atoms with Crippen LogP contribution in [0.5, 0.6) is 0 Å². The van der Waals surface area contributed by atoms with Crippen molar-refractivity contribution >= 4 is 11.8 Å². The summed E-state index contributed by atoms with van der Waals surface area (Å²) in [5.74, 6) is 0.0410. The van der Waals surface area contributed by atoms with Gasteiger partial charge in [0.05, 0.1) is 20.6 Å². The smallest absolute Gasteiger partial charge is 0.289 e. The molecular formula is C13H24ClNO4S. The van der Waals surface area contributed by atoms with Crippen LogP contribution in [0.2, 0.25) is 0 Å². The summed E-state index contributed by atoms with van der Waals surface area (Å²) in [6, 6.07) is 0.00836. The van der Waals surface area contributed by atoms with Gasteiger partial charge in [0, 0.05) is 5.92 Å². The number of nitrogens with zero attached hydrogens (tertiary/aromatic N) is 1. The molecule has 7 heteroatoms. The van der Waals surface area contributed by atoms with Gasteiger partial charge in [0.2, 0.25) is 0 Å². The Morgan fingerprint density at radius 2 is 1.70 bits per heavy atom. The van der Waals surface area contributed by atoms with E-state index in [2.05, 4.69) is 25.7 Å². The van der Waals surface area contributed by atoms with Gasteiger partial charge in [0.1, 0.15) is 0 Å². The number of rotatable bonds is 4. The van der Waals surface area contributed by atoms with E-state index in [1.807, 2.05) is 6.26 Å². The molecule has 0 bridgehead atoms. The number of hydrogen-bond acceptors (Lipinski definition) is 6. The van der Waals surface area contributed by atoms with Crippen LogP contribution in [0.15, 0.2) is 0 Å². The zero-order valence-electron chi connectivity index (χ0n) is 12.6. The summed E-state index contributed by atoms with van der Waals surface area (Å²) < 4.78 is 38.3. The van der Waals surface area contributed by atoms with Crippen LogP contribution in [-0.2, 0) is 4.29 Å². The van der Waals surface area contributed by atoms with Gasteiger partial charge in [-0.1, -0.05) is 27.2 Å². The molecule has 0 aromatic rings. The number of piperidine rings is 1. The molecule has 5 nitrogen and oxygen atoms in total. The van der Waals surface area contributed by atoms with E-state index in [9.17, 15) is 14.0 Å². The highest BCUT2D eigenvalue weighted by Crippen LogP contribution is 2.64. The van der Waals surface area contributed by atoms with Gasteiger partial charge in [-0.25, -0.2) is 0 Å². The Kier molecular flexibility index (Phi) is 4.68. The third kappa shape index (κ3) is 3.27. The predicted molar refractivity (Wildman–Crippen MR) is 69.5 cm³/mol. The summed E-state index contributed by atoms with van der Waals surface area (Å²) in [4.78, 5) is 1.38. The van der Waals surface area contributed by atoms with Crippen LogP contribution >= 0.6 is 11.8 Å². The Bertz CT molecular complexity index is 351. The van der Waals surface area contributed by atoms with Crippen LogP contribution in [0.4, 0.5) is 0 Å². The molecule has 3 unspecified atom stereocenters. The fraction of sp³-hybridized carbons (Fsp3) is 1.00. The molecule has 1 saturated carbocycles. The lowest BCUT2D eigenvalue weighted by Crippen LogP contribution is -2.63. The first-order valence-corrected chi connectivity index (χ1v) is 9.48. The van der Waals surface area contributed by atoms with Crippen molar-refractivity contribution in [2.24, 2.45) is 11.3 Å². The molecule has 3 atom stereocenters. The van der Waals surface area contributed by atoms with Crippen molar-refractivity contribution in [3.05, 3.63) is 0 Å². The summed E-state index contributed by atoms with van der Waals surface area (Å²) in [6.45, 7) is 8.14. The SMILES string of the molecule is CSC1(O[Cl+3]([O-])([O-])[O-])C(N2CCCCC2)C1C(C)(C)C. The predicted octanol–water partition coefficient (Wildman–Crippen LogP) is -0.510. The highest BCUT2D eigenvalue weighted by molar-refractivity contribution is 8.00. The molecule has 0 aromatic carbocycles. The van der Waals surface area contributed by atoms with E-state index in [0.29, 0.717) is 0 Å². The van der Waals surface area contributed by atoms with Gasteiger partial charge < -0.3 is 0 Å². The van der Waals surface area contributed by atoms with Crippen molar-refractivity contribution in [1.82, 2.24) is 4.90 Å². The Labute approximate surface area is 127 Å². The maximum Gasteiger partial charge on any atom is 0.289 e. The third-order valence-corrected chi connectivity index (χ3v) is 6.06. The molecule has 118 valence electrons. The zero-order valence-corrected chi connectivity index (χ0v) is 14.1. The van der Waals surface area contributed by atoms with Crippen LogP contribution < -0.4 is 14.0 Å². The first-order valence-electron chi connectivity index (χ1n) is 7.02. The molecule has 1 saturated heterocycles. The minimum absolute atomic E-state index is 0.00836. The van der Waals surface area contributed by atoms with Crippen LogP contribution in [0.25, 0.3) is 0 Å². The lowest BCUT2D eigenvalue weighted by molar-refractivity contribution is -1.92. The second-order valence-electron chi connectivity index (χ2n) is 6.77. The second-order valence-corrected chi connectivity index (χ2v) is 8.72. The first-order chi connectivity index (χ1) is 9.12. The topological polar surface area (TPSA) is 81.6 Å². The van der Waals surface area contributed by atoms with Crippen LogP contribution in [0.3, 0.4) is 0 Å². The van der Waals surface area contributed by atoms with E-state index in [0.717, 1.165) is 25.9 Å². The maximum atomic E-state index is 11.1. The molecule has 0 N–H and O–H groups in total. The molecule has 1 aliphatic carbocycles. The molecule has 2 aliphatic rings. The van der Waals surface area contributed by atoms with Gasteiger partial charge >= 0.3 is 0 Å². The molecule has 1 heterocycles. The monoisotopic (exact) mass is 325 g/mol. The summed E-state index contributed by atoms with van der Waals surface area (Å²) in [6.07, 6.45) is 5.29. The van der Waals surface area contributed by atoms with Gasteiger partial charge in [-0.3, -0.25) is 4.90 Å². The van der Waals surface area contributed by atoms with Crippen molar-refractivity contribution < 1.29 is 28.5 Å². The van der Waals surface area contributed by atoms with Gasteiger partial charge in [-0.15, -0.1) is 11.8 Å². The minimum atomic E-state index is -4.40. The van der Waals surface area contributed by atoms with Gasteiger partial charge in [0.15, 0.2) is 0 Å². The Morgan fingerprint density at radius 3 is 2.10 bits per heavy atom. The summed E-state index contributed by atoms with van der Waals surface area (Å²) in [5, 5.41) is 0. The lowest BCUT2D eigenvalue weighted by atomic mass is 9.89. The highest BCUT2D eigenvalue weighted by Gasteiger charge is 2.80. The van der Waals surface area contributed by atoms with Crippen LogP contribution in [0.1, 0.15) is 40.0 Å². The molecule has 0 spiro atoms. The number of likely N-dealkylation sites (tertiary alicyclic amines) is 1. The van der Waals surface area contributed by atoms with E-state index < -0.39 is 15.2 Å². The zero-order chi connectivity index (χ0) is 15.2. The molecule has 20 heavy (non-hydrogen) atoms. The third-order valence-electron chi connectivity index (χ3n) is 4.30. The van der Waals surface area contributed by atoms with Gasteiger partial charge in [-0.05, 0) is 37.6 Å². The Hall–Kier alpha value is 0.440. The maximum absolute atomic E-state index is 11.1. The fourth-order valence-electron chi connectivity index (χ4n) is 3.58. The average molecular weight is 326 g/mol. The lowest BCUT2D eigenvalue weighted by Gasteiger charge is -2.28. The summed E-state index contributed by atoms with van der Waals surface area (Å²) >= 11 is 1.35. The molecule has 0 aromatic heterocycles. The first kappa shape index (κ1) is 16.8. The van der Waals surface area contributed by atoms with Crippen molar-refractivity contribution in [2.45, 2.75) is 51.0 Å². The van der Waals surface area contributed by atoms with E-state index >= 15 is 0 Å². The normalized spacial score (nSPS) is 36.1. The van der Waals surface area contributed by atoms with Gasteiger partial charge in [-0.2, -0.15) is 14.0 Å². The van der Waals surface area contributed by atoms with Crippen LogP contribution in [0, 0.1) is 21.6 Å². The molecule has 2 fully saturated rings. The van der Waals surface area contributed by atoms with E-state index in [1.165, 1.54) is 18.2 Å². The molecule has 1 aliphatic heterocycles. The molecular weight excluding hydrogens is 302 g/mol. The van der Waals surface area contributed by atoms with Crippen molar-refractivity contribution in [3.63, 3.8) is 0 Å². The number of hydrogen-bond donors (Lipinski definition) is 0.